The van der Waals surface area contributed by atoms with Crippen molar-refractivity contribution < 1.29 is 15.1 Å². The van der Waals surface area contributed by atoms with Crippen molar-refractivity contribution in [2.24, 2.45) is 0 Å². The average molecular weight is 563 g/mol. The standard InChI is InChI=1S/C10H8N2.C6H5NO3.NO3.Pb/c1-3-7-11-9(5-1)10-6-2-4-8-12-10;8-6-3-1-5(2-4-6)7(9)10;2-1(3)4;/h1-8H;1-4,8H;;/q;;-1;+2/p-1. The number of pyridine rings is 2. The summed E-state index contributed by atoms with van der Waals surface area (Å²) < 4.78 is 0. The molecule has 0 saturated heterocycles. The Bertz CT molecular complexity index is 778. The predicted molar refractivity (Wildman–Crippen MR) is 96.1 cm³/mol. The minimum atomic E-state index is -1.75. The van der Waals surface area contributed by atoms with Crippen molar-refractivity contribution >= 4 is 33.0 Å². The molecule has 0 aliphatic rings. The third kappa shape index (κ3) is 10.4. The van der Waals surface area contributed by atoms with Crippen LogP contribution in [0.4, 0.5) is 5.69 Å². The number of nitro benzene ring substituents is 1. The van der Waals surface area contributed by atoms with Gasteiger partial charge >= 0.3 is 27.3 Å². The summed E-state index contributed by atoms with van der Waals surface area (Å²) in [5, 5.41) is 35.2. The van der Waals surface area contributed by atoms with Crippen LogP contribution in [0.15, 0.2) is 73.1 Å². The van der Waals surface area contributed by atoms with Crippen LogP contribution in [0.5, 0.6) is 5.75 Å². The number of rotatable bonds is 2. The van der Waals surface area contributed by atoms with Crippen molar-refractivity contribution in [3.05, 3.63) is 98.5 Å². The van der Waals surface area contributed by atoms with Gasteiger partial charge in [0, 0.05) is 24.5 Å². The minimum absolute atomic E-state index is 0. The molecule has 27 heavy (non-hydrogen) atoms. The molecule has 0 saturated carbocycles. The zero-order valence-electron chi connectivity index (χ0n) is 13.7. The predicted octanol–water partition coefficient (Wildman–Crippen LogP) is 2.19. The third-order valence-electron chi connectivity index (χ3n) is 2.64. The van der Waals surface area contributed by atoms with Crippen LogP contribution in [0.3, 0.4) is 0 Å². The van der Waals surface area contributed by atoms with Crippen molar-refractivity contribution in [2.75, 3.05) is 0 Å². The zero-order valence-corrected chi connectivity index (χ0v) is 17.6. The molecule has 11 heteroatoms. The fourth-order valence-corrected chi connectivity index (χ4v) is 1.60. The molecule has 136 valence electrons. The number of non-ortho nitro benzene ring substituents is 1. The molecule has 0 spiro atoms. The second kappa shape index (κ2) is 13.1. The van der Waals surface area contributed by atoms with Crippen LogP contribution in [0.25, 0.3) is 11.4 Å². The average Bonchev–Trinajstić information content (AvgIpc) is 2.64. The van der Waals surface area contributed by atoms with E-state index >= 15 is 0 Å². The topological polar surface area (TPSA) is 158 Å². The number of aromatic nitrogens is 2. The molecule has 3 aromatic rings. The number of nitrogens with zero attached hydrogens (tertiary/aromatic N) is 4. The Morgan fingerprint density at radius 2 is 1.11 bits per heavy atom. The molecule has 0 N–H and O–H groups in total. The monoisotopic (exact) mass is 564 g/mol. The van der Waals surface area contributed by atoms with Gasteiger partial charge in [-0.05, 0) is 24.3 Å². The quantitative estimate of drug-likeness (QED) is 0.261. The van der Waals surface area contributed by atoms with E-state index < -0.39 is 10.0 Å². The summed E-state index contributed by atoms with van der Waals surface area (Å²) >= 11 is 0. The van der Waals surface area contributed by atoms with Gasteiger partial charge in [0.25, 0.3) is 5.69 Å². The minimum Gasteiger partial charge on any atom is -0.872 e. The number of hydrogen-bond acceptors (Lipinski definition) is 8. The SMILES string of the molecule is O=[N+]([O-])[O-].O=[N+]([O-])c1ccc([O-])cc1.[Pb+2].c1ccc(-c2ccccn2)nc1. The van der Waals surface area contributed by atoms with Crippen molar-refractivity contribution in [2.45, 2.75) is 0 Å². The van der Waals surface area contributed by atoms with Crippen LogP contribution in [0, 0.1) is 25.4 Å². The Kier molecular flexibility index (Phi) is 11.6. The molecule has 0 aliphatic heterocycles. The first-order valence-electron chi connectivity index (χ1n) is 6.95. The van der Waals surface area contributed by atoms with Crippen LogP contribution in [-0.4, -0.2) is 47.3 Å². The van der Waals surface area contributed by atoms with Gasteiger partial charge in [-0.1, -0.05) is 24.3 Å². The van der Waals surface area contributed by atoms with E-state index in [0.29, 0.717) is 0 Å². The molecule has 3 rings (SSSR count). The molecule has 2 radical (unpaired) electrons. The normalized spacial score (nSPS) is 8.59. The molecule has 10 nitrogen and oxygen atoms in total. The largest absolute Gasteiger partial charge is 2.00 e. The summed E-state index contributed by atoms with van der Waals surface area (Å²) in [4.78, 5) is 26.1. The molecule has 0 amide bonds. The Morgan fingerprint density at radius 1 is 0.704 bits per heavy atom. The van der Waals surface area contributed by atoms with E-state index in [0.717, 1.165) is 23.5 Å². The molecular formula is C16H12N4O6Pb. The number of nitro groups is 1. The molecule has 0 bridgehead atoms. The van der Waals surface area contributed by atoms with E-state index in [-0.39, 0.29) is 38.7 Å². The maximum atomic E-state index is 10.4. The van der Waals surface area contributed by atoms with Gasteiger partial charge in [-0.15, -0.1) is 5.75 Å². The molecule has 1 aromatic carbocycles. The second-order valence-corrected chi connectivity index (χ2v) is 4.40. The van der Waals surface area contributed by atoms with Crippen LogP contribution < -0.4 is 5.11 Å². The molecule has 0 fully saturated rings. The van der Waals surface area contributed by atoms with E-state index in [1.807, 2.05) is 36.4 Å². The van der Waals surface area contributed by atoms with Gasteiger partial charge in [-0.2, -0.15) is 0 Å². The molecule has 0 atom stereocenters. The summed E-state index contributed by atoms with van der Waals surface area (Å²) in [7, 11) is 0. The molecule has 0 aliphatic carbocycles. The Morgan fingerprint density at radius 3 is 1.41 bits per heavy atom. The van der Waals surface area contributed by atoms with E-state index in [4.69, 9.17) is 15.3 Å². The Balaban J connectivity index is 0.000000412. The number of benzene rings is 1. The maximum Gasteiger partial charge on any atom is 2.00 e. The van der Waals surface area contributed by atoms with Crippen molar-refractivity contribution in [3.8, 4) is 17.1 Å². The summed E-state index contributed by atoms with van der Waals surface area (Å²) in [5.41, 5.74) is 1.77. The van der Waals surface area contributed by atoms with E-state index in [1.54, 1.807) is 12.4 Å². The van der Waals surface area contributed by atoms with Gasteiger partial charge in [-0.3, -0.25) is 20.1 Å². The Labute approximate surface area is 173 Å². The van der Waals surface area contributed by atoms with Crippen LogP contribution in [-0.2, 0) is 0 Å². The molecule has 2 aromatic heterocycles. The summed E-state index contributed by atoms with van der Waals surface area (Å²) in [6, 6.07) is 16.3. The number of hydrogen-bond donors (Lipinski definition) is 0. The van der Waals surface area contributed by atoms with Gasteiger partial charge in [0.2, 0.25) is 0 Å². The van der Waals surface area contributed by atoms with Gasteiger partial charge in [0.1, 0.15) is 0 Å². The second-order valence-electron chi connectivity index (χ2n) is 4.40. The fraction of sp³-hybridized carbons (Fsp3) is 0. The van der Waals surface area contributed by atoms with Gasteiger partial charge in [0.15, 0.2) is 0 Å². The summed E-state index contributed by atoms with van der Waals surface area (Å²) in [5.74, 6) is -0.217. The first kappa shape index (κ1) is 23.8. The summed E-state index contributed by atoms with van der Waals surface area (Å²) in [6.07, 6.45) is 3.54. The van der Waals surface area contributed by atoms with Crippen molar-refractivity contribution in [1.82, 2.24) is 9.97 Å². The zero-order chi connectivity index (χ0) is 19.4. The summed E-state index contributed by atoms with van der Waals surface area (Å²) in [6.45, 7) is 0. The van der Waals surface area contributed by atoms with E-state index in [2.05, 4.69) is 9.97 Å². The Hall–Kier alpha value is -3.16. The van der Waals surface area contributed by atoms with Gasteiger partial charge in [0.05, 0.1) is 21.4 Å². The first-order valence-corrected chi connectivity index (χ1v) is 6.95. The molecular weight excluding hydrogens is 551 g/mol. The molecule has 2 heterocycles. The van der Waals surface area contributed by atoms with Crippen molar-refractivity contribution in [1.29, 1.82) is 0 Å². The van der Waals surface area contributed by atoms with Crippen LogP contribution >= 0.6 is 0 Å². The maximum absolute atomic E-state index is 10.4. The smallest absolute Gasteiger partial charge is 0.872 e. The van der Waals surface area contributed by atoms with Crippen LogP contribution in [0.2, 0.25) is 0 Å². The van der Waals surface area contributed by atoms with E-state index in [1.165, 1.54) is 12.1 Å². The van der Waals surface area contributed by atoms with Gasteiger partial charge in [-0.25, -0.2) is 0 Å². The van der Waals surface area contributed by atoms with E-state index in [9.17, 15) is 15.2 Å². The molecule has 0 unspecified atom stereocenters. The first-order chi connectivity index (χ1) is 12.4. The van der Waals surface area contributed by atoms with Crippen LogP contribution in [0.1, 0.15) is 0 Å². The fourth-order valence-electron chi connectivity index (χ4n) is 1.60. The van der Waals surface area contributed by atoms with Crippen molar-refractivity contribution in [3.63, 3.8) is 0 Å². The third-order valence-corrected chi connectivity index (χ3v) is 2.64. The van der Waals surface area contributed by atoms with Gasteiger partial charge < -0.3 is 20.4 Å².